The Bertz CT molecular complexity index is 2670. The average Bonchev–Trinajstić information content (AvgIpc) is 4.06. The van der Waals surface area contributed by atoms with E-state index in [2.05, 4.69) is 43.5 Å². The highest BCUT2D eigenvalue weighted by atomic mass is 35.5. The number of fused-ring (bicyclic) bond motifs is 1. The smallest absolute Gasteiger partial charge is 0.422 e. The first-order valence-corrected chi connectivity index (χ1v) is 28.3. The molecule has 4 aromatic carbocycles. The SMILES string of the molecule is O=S(=O)(NC1CCC(N2CCC(c3ccccc3OC3CC3)CC2)CC1)c1ccc2c(c1)OCO2.O=S(=O)(NC1CCC(N2CCC(c3ccccc3OCC(F)(F)F)CC2)CC1)c1cc(Cl)ccc1F. The van der Waals surface area contributed by atoms with Crippen LogP contribution in [0, 0.1) is 5.82 Å². The van der Waals surface area contributed by atoms with Crippen molar-refractivity contribution in [1.82, 2.24) is 19.2 Å². The van der Waals surface area contributed by atoms with E-state index < -0.39 is 43.5 Å². The van der Waals surface area contributed by atoms with Crippen LogP contribution in [0.3, 0.4) is 0 Å². The molecule has 0 bridgehead atoms. The van der Waals surface area contributed by atoms with Crippen LogP contribution in [0.1, 0.15) is 113 Å². The van der Waals surface area contributed by atoms with Crippen molar-refractivity contribution in [3.8, 4) is 23.0 Å². The van der Waals surface area contributed by atoms with Gasteiger partial charge >= 0.3 is 6.18 Å². The van der Waals surface area contributed by atoms with Crippen molar-refractivity contribution < 1.29 is 53.3 Å². The van der Waals surface area contributed by atoms with Gasteiger partial charge in [-0.3, -0.25) is 0 Å². The molecule has 71 heavy (non-hydrogen) atoms. The van der Waals surface area contributed by atoms with E-state index in [1.54, 1.807) is 30.3 Å². The minimum atomic E-state index is -4.38. The number of halogens is 5. The second-order valence-corrected chi connectivity index (χ2v) is 23.6. The van der Waals surface area contributed by atoms with Crippen molar-refractivity contribution in [3.05, 3.63) is 107 Å². The fourth-order valence-corrected chi connectivity index (χ4v) is 13.9. The number of ether oxygens (including phenoxy) is 4. The number of para-hydroxylation sites is 2. The number of rotatable bonds is 14. The van der Waals surface area contributed by atoms with Gasteiger partial charge in [-0.2, -0.15) is 13.2 Å². The van der Waals surface area contributed by atoms with Gasteiger partial charge in [-0.05, 0) is 181 Å². The molecule has 12 nitrogen and oxygen atoms in total. The van der Waals surface area contributed by atoms with Gasteiger partial charge in [0.05, 0.1) is 11.0 Å². The Balaban J connectivity index is 0.000000176. The van der Waals surface area contributed by atoms with Crippen LogP contribution in [0.2, 0.25) is 5.02 Å². The number of likely N-dealkylation sites (tertiary alicyclic amines) is 2. The van der Waals surface area contributed by atoms with E-state index in [1.807, 2.05) is 12.1 Å². The summed E-state index contributed by atoms with van der Waals surface area (Å²) < 4.78 is 131. The topological polar surface area (TPSA) is 136 Å². The molecule has 0 aromatic heterocycles. The summed E-state index contributed by atoms with van der Waals surface area (Å²) in [5, 5.41) is 0.151. The summed E-state index contributed by atoms with van der Waals surface area (Å²) in [6.07, 6.45) is 9.02. The van der Waals surface area contributed by atoms with Crippen LogP contribution < -0.4 is 28.4 Å². The summed E-state index contributed by atoms with van der Waals surface area (Å²) in [7, 11) is -7.60. The molecule has 3 saturated carbocycles. The first kappa shape index (κ1) is 51.7. The zero-order valence-electron chi connectivity index (χ0n) is 39.6. The Kier molecular flexibility index (Phi) is 16.4. The number of nitrogens with one attached hydrogen (secondary N) is 2. The molecule has 2 saturated heterocycles. The van der Waals surface area contributed by atoms with Gasteiger partial charge in [-0.15, -0.1) is 0 Å². The third-order valence-corrected chi connectivity index (χ3v) is 18.2. The summed E-state index contributed by atoms with van der Waals surface area (Å²) in [4.78, 5) is 4.80. The maximum atomic E-state index is 14.1. The van der Waals surface area contributed by atoms with Gasteiger partial charge in [0.1, 0.15) is 22.2 Å². The summed E-state index contributed by atoms with van der Waals surface area (Å²) in [5.74, 6) is 2.30. The molecule has 0 unspecified atom stereocenters. The van der Waals surface area contributed by atoms with Crippen LogP contribution >= 0.6 is 11.6 Å². The van der Waals surface area contributed by atoms with Crippen LogP contribution in [0.5, 0.6) is 23.0 Å². The zero-order chi connectivity index (χ0) is 49.8. The molecular formula is C52H63ClF4N4O8S2. The minimum absolute atomic E-state index is 0.0225. The van der Waals surface area contributed by atoms with Gasteiger partial charge < -0.3 is 28.7 Å². The number of alkyl halides is 3. The van der Waals surface area contributed by atoms with Crippen molar-refractivity contribution in [2.75, 3.05) is 39.6 Å². The molecule has 0 amide bonds. The van der Waals surface area contributed by atoms with Gasteiger partial charge in [-0.1, -0.05) is 48.0 Å². The summed E-state index contributed by atoms with van der Waals surface area (Å²) in [6.45, 7) is 2.65. The quantitative estimate of drug-likeness (QED) is 0.118. The molecule has 386 valence electrons. The van der Waals surface area contributed by atoms with E-state index in [0.29, 0.717) is 48.4 Å². The molecule has 3 aliphatic heterocycles. The molecule has 0 atom stereocenters. The number of hydrogen-bond acceptors (Lipinski definition) is 10. The number of nitrogens with zero attached hydrogens (tertiary/aromatic N) is 2. The third-order valence-electron chi connectivity index (χ3n) is 14.9. The molecule has 19 heteroatoms. The molecule has 3 aliphatic carbocycles. The van der Waals surface area contributed by atoms with Gasteiger partial charge in [0.2, 0.25) is 26.8 Å². The molecule has 6 aliphatic rings. The van der Waals surface area contributed by atoms with E-state index in [4.69, 9.17) is 30.5 Å². The van der Waals surface area contributed by atoms with Crippen molar-refractivity contribution >= 4 is 31.6 Å². The summed E-state index contributed by atoms with van der Waals surface area (Å²) in [5.41, 5.74) is 2.19. The highest BCUT2D eigenvalue weighted by Crippen LogP contribution is 2.40. The number of sulfonamides is 2. The Morgan fingerprint density at radius 3 is 1.69 bits per heavy atom. The van der Waals surface area contributed by atoms with E-state index >= 15 is 0 Å². The van der Waals surface area contributed by atoms with Crippen molar-refractivity contribution in [2.45, 2.75) is 148 Å². The Morgan fingerprint density at radius 2 is 1.13 bits per heavy atom. The van der Waals surface area contributed by atoms with Crippen molar-refractivity contribution in [1.29, 1.82) is 0 Å². The molecule has 5 fully saturated rings. The lowest BCUT2D eigenvalue weighted by molar-refractivity contribution is -0.153. The Morgan fingerprint density at radius 1 is 0.606 bits per heavy atom. The van der Waals surface area contributed by atoms with Gasteiger partial charge in [0, 0.05) is 35.3 Å². The molecule has 2 N–H and O–H groups in total. The van der Waals surface area contributed by atoms with Crippen LogP contribution in [-0.4, -0.2) is 103 Å². The molecular weight excluding hydrogens is 984 g/mol. The number of hydrogen-bond donors (Lipinski definition) is 2. The lowest BCUT2D eigenvalue weighted by Crippen LogP contribution is -2.46. The minimum Gasteiger partial charge on any atom is -0.490 e. The maximum absolute atomic E-state index is 14.1. The van der Waals surface area contributed by atoms with E-state index in [0.717, 1.165) is 114 Å². The second-order valence-electron chi connectivity index (χ2n) is 19.8. The van der Waals surface area contributed by atoms with Crippen LogP contribution in [0.25, 0.3) is 0 Å². The van der Waals surface area contributed by atoms with E-state index in [1.165, 1.54) is 24.5 Å². The third kappa shape index (κ3) is 13.5. The molecule has 3 heterocycles. The Labute approximate surface area is 419 Å². The maximum Gasteiger partial charge on any atom is 0.422 e. The van der Waals surface area contributed by atoms with Crippen LogP contribution in [-0.2, 0) is 20.0 Å². The molecule has 10 rings (SSSR count). The van der Waals surface area contributed by atoms with Gasteiger partial charge in [0.25, 0.3) is 0 Å². The molecule has 0 radical (unpaired) electrons. The lowest BCUT2D eigenvalue weighted by atomic mass is 9.85. The van der Waals surface area contributed by atoms with E-state index in [9.17, 15) is 34.4 Å². The van der Waals surface area contributed by atoms with E-state index in [-0.39, 0.29) is 40.5 Å². The summed E-state index contributed by atoms with van der Waals surface area (Å²) in [6, 6.07) is 24.3. The molecule has 4 aromatic rings. The Hall–Kier alpha value is -4.17. The second kappa shape index (κ2) is 22.5. The molecule has 0 spiro atoms. The van der Waals surface area contributed by atoms with Crippen molar-refractivity contribution in [3.63, 3.8) is 0 Å². The number of piperidine rings is 2. The normalized spacial score (nSPS) is 24.0. The van der Waals surface area contributed by atoms with Crippen LogP contribution in [0.4, 0.5) is 17.6 Å². The first-order chi connectivity index (χ1) is 34.1. The fraction of sp³-hybridized carbons (Fsp3) is 0.538. The zero-order valence-corrected chi connectivity index (χ0v) is 42.0. The fourth-order valence-electron chi connectivity index (χ4n) is 11.0. The van der Waals surface area contributed by atoms with Crippen molar-refractivity contribution in [2.24, 2.45) is 0 Å². The van der Waals surface area contributed by atoms with Crippen LogP contribution in [0.15, 0.2) is 94.7 Å². The van der Waals surface area contributed by atoms with Gasteiger partial charge in [-0.25, -0.2) is 30.7 Å². The average molecular weight is 1050 g/mol. The highest BCUT2D eigenvalue weighted by Gasteiger charge is 2.36. The predicted octanol–water partition coefficient (Wildman–Crippen LogP) is 10.3. The lowest BCUT2D eigenvalue weighted by Gasteiger charge is -2.41. The first-order valence-electron chi connectivity index (χ1n) is 25.0. The summed E-state index contributed by atoms with van der Waals surface area (Å²) >= 11 is 5.85. The standard InChI is InChI=1S/C27H34N2O5S.C25H29ClF4N2O3S/c30-35(31,23-11-12-26-27(17-23)33-18-32-26)28-20-5-7-21(8-6-20)29-15-13-19(14-16-29)24-3-1-2-4-25(24)34-22-9-10-22;26-18-5-10-22(27)24(15-18)36(33,34)31-19-6-8-20(9-7-19)32-13-11-17(12-14-32)21-3-1-2-4-23(21)35-16-25(28,29)30/h1-4,11-12,17,19-22,28H,5-10,13-16,18H2;1-5,10,15,17,19-20,31H,6-9,11-14,16H2. The highest BCUT2D eigenvalue weighted by molar-refractivity contribution is 7.89. The predicted molar refractivity (Wildman–Crippen MR) is 262 cm³/mol. The van der Waals surface area contributed by atoms with Gasteiger partial charge in [0.15, 0.2) is 18.1 Å². The number of benzene rings is 4. The largest absolute Gasteiger partial charge is 0.490 e. The monoisotopic (exact) mass is 1050 g/mol.